The van der Waals surface area contributed by atoms with Gasteiger partial charge in [0.2, 0.25) is 0 Å². The van der Waals surface area contributed by atoms with E-state index in [2.05, 4.69) is 30.4 Å². The van der Waals surface area contributed by atoms with Gasteiger partial charge >= 0.3 is 0 Å². The van der Waals surface area contributed by atoms with Crippen molar-refractivity contribution in [1.82, 2.24) is 5.32 Å². The molecule has 1 amide bonds. The summed E-state index contributed by atoms with van der Waals surface area (Å²) in [5.74, 6) is 0.0511. The number of carbonyl (C=O) groups excluding carboxylic acids is 1. The second kappa shape index (κ2) is 9.44. The maximum atomic E-state index is 13.3. The second-order valence-electron chi connectivity index (χ2n) is 7.81. The minimum Gasteiger partial charge on any atom is -0.476 e. The fourth-order valence-electron chi connectivity index (χ4n) is 3.77. The predicted molar refractivity (Wildman–Crippen MR) is 124 cm³/mol. The summed E-state index contributed by atoms with van der Waals surface area (Å²) < 4.78 is 33.7. The first-order chi connectivity index (χ1) is 15.4. The summed E-state index contributed by atoms with van der Waals surface area (Å²) in [4.78, 5) is 13.0. The number of para-hydroxylation sites is 2. The molecule has 7 heteroatoms. The lowest BCUT2D eigenvalue weighted by Gasteiger charge is -2.34. The average molecular weight is 451 g/mol. The Kier molecular flexibility index (Phi) is 6.46. The number of benzene rings is 3. The zero-order valence-corrected chi connectivity index (χ0v) is 18.7. The zero-order valence-electron chi connectivity index (χ0n) is 17.9. The second-order valence-corrected chi connectivity index (χ2v) is 9.67. The van der Waals surface area contributed by atoms with Crippen LogP contribution in [0.2, 0.25) is 0 Å². The fourth-order valence-corrected chi connectivity index (χ4v) is 5.27. The Hall–Kier alpha value is -3.32. The molecule has 0 radical (unpaired) electrons. The van der Waals surface area contributed by atoms with E-state index in [0.717, 1.165) is 12.8 Å². The Morgan fingerprint density at radius 2 is 1.78 bits per heavy atom. The molecule has 166 valence electrons. The molecular weight excluding hydrogens is 424 g/mol. The SMILES string of the molecule is Cc1cccc(CCCNC(=O)[C@@H]2CN(S(=O)(=O)c3ccccc3)c3ccccc3O2)c1. The summed E-state index contributed by atoms with van der Waals surface area (Å²) in [6.07, 6.45) is 0.706. The fraction of sp³-hybridized carbons (Fsp3) is 0.240. The summed E-state index contributed by atoms with van der Waals surface area (Å²) in [6.45, 7) is 2.45. The van der Waals surface area contributed by atoms with E-state index in [4.69, 9.17) is 4.74 Å². The van der Waals surface area contributed by atoms with Crippen LogP contribution in [-0.2, 0) is 21.2 Å². The van der Waals surface area contributed by atoms with Crippen LogP contribution in [0.1, 0.15) is 17.5 Å². The molecule has 0 unspecified atom stereocenters. The lowest BCUT2D eigenvalue weighted by molar-refractivity contribution is -0.127. The van der Waals surface area contributed by atoms with Gasteiger partial charge in [-0.25, -0.2) is 8.42 Å². The molecule has 1 aliphatic rings. The van der Waals surface area contributed by atoms with Crippen molar-refractivity contribution >= 4 is 21.6 Å². The number of ether oxygens (including phenoxy) is 1. The van der Waals surface area contributed by atoms with Crippen molar-refractivity contribution in [1.29, 1.82) is 0 Å². The minimum atomic E-state index is -3.83. The van der Waals surface area contributed by atoms with Crippen molar-refractivity contribution < 1.29 is 17.9 Å². The Labute approximate surface area is 188 Å². The molecule has 0 fully saturated rings. The molecular formula is C25H26N2O4S. The number of amides is 1. The summed E-state index contributed by atoms with van der Waals surface area (Å²) in [6, 6.07) is 23.4. The van der Waals surface area contributed by atoms with Crippen molar-refractivity contribution in [2.24, 2.45) is 0 Å². The van der Waals surface area contributed by atoms with Gasteiger partial charge in [0.1, 0.15) is 5.75 Å². The lowest BCUT2D eigenvalue weighted by atomic mass is 10.1. The maximum absolute atomic E-state index is 13.3. The minimum absolute atomic E-state index is 0.0854. The molecule has 1 atom stereocenters. The first-order valence-electron chi connectivity index (χ1n) is 10.6. The number of hydrogen-bond donors (Lipinski definition) is 1. The van der Waals surface area contributed by atoms with Crippen LogP contribution in [0, 0.1) is 6.92 Å². The number of sulfonamides is 1. The highest BCUT2D eigenvalue weighted by molar-refractivity contribution is 7.92. The lowest BCUT2D eigenvalue weighted by Crippen LogP contribution is -2.50. The van der Waals surface area contributed by atoms with Gasteiger partial charge in [-0.15, -0.1) is 0 Å². The number of hydrogen-bond acceptors (Lipinski definition) is 4. The van der Waals surface area contributed by atoms with E-state index in [-0.39, 0.29) is 17.3 Å². The van der Waals surface area contributed by atoms with Crippen LogP contribution in [0.25, 0.3) is 0 Å². The highest BCUT2D eigenvalue weighted by Gasteiger charge is 2.37. The summed E-state index contributed by atoms with van der Waals surface area (Å²) in [5, 5.41) is 2.89. The molecule has 0 aromatic heterocycles. The summed E-state index contributed by atoms with van der Waals surface area (Å²) in [7, 11) is -3.83. The summed E-state index contributed by atoms with van der Waals surface area (Å²) >= 11 is 0. The third kappa shape index (κ3) is 4.78. The first-order valence-corrected chi connectivity index (χ1v) is 12.1. The number of aryl methyl sites for hydroxylation is 2. The summed E-state index contributed by atoms with van der Waals surface area (Å²) in [5.41, 5.74) is 2.86. The Morgan fingerprint density at radius 1 is 1.03 bits per heavy atom. The first kappa shape index (κ1) is 21.9. The molecule has 0 spiro atoms. The van der Waals surface area contributed by atoms with E-state index in [9.17, 15) is 13.2 Å². The molecule has 0 saturated heterocycles. The molecule has 1 heterocycles. The van der Waals surface area contributed by atoms with Gasteiger partial charge in [-0.1, -0.05) is 60.2 Å². The van der Waals surface area contributed by atoms with Crippen LogP contribution in [0.5, 0.6) is 5.75 Å². The highest BCUT2D eigenvalue weighted by atomic mass is 32.2. The van der Waals surface area contributed by atoms with Crippen LogP contribution in [0.15, 0.2) is 83.8 Å². The number of fused-ring (bicyclic) bond motifs is 1. The van der Waals surface area contributed by atoms with E-state index in [1.165, 1.54) is 15.4 Å². The maximum Gasteiger partial charge on any atom is 0.264 e. The molecule has 0 aliphatic carbocycles. The number of anilines is 1. The van der Waals surface area contributed by atoms with Crippen molar-refractivity contribution in [3.05, 3.63) is 90.0 Å². The smallest absolute Gasteiger partial charge is 0.264 e. The largest absolute Gasteiger partial charge is 0.476 e. The van der Waals surface area contributed by atoms with E-state index in [1.807, 2.05) is 6.07 Å². The normalized spacial score (nSPS) is 15.5. The van der Waals surface area contributed by atoms with E-state index in [0.29, 0.717) is 18.0 Å². The number of nitrogens with zero attached hydrogens (tertiary/aromatic N) is 1. The molecule has 0 saturated carbocycles. The van der Waals surface area contributed by atoms with E-state index < -0.39 is 16.1 Å². The van der Waals surface area contributed by atoms with Gasteiger partial charge in [-0.05, 0) is 49.6 Å². The van der Waals surface area contributed by atoms with E-state index in [1.54, 1.807) is 54.6 Å². The Bertz CT molecular complexity index is 1200. The van der Waals surface area contributed by atoms with Crippen molar-refractivity contribution in [3.63, 3.8) is 0 Å². The van der Waals surface area contributed by atoms with Crippen molar-refractivity contribution in [3.8, 4) is 5.75 Å². The molecule has 3 aromatic rings. The van der Waals surface area contributed by atoms with Crippen LogP contribution >= 0.6 is 0 Å². The third-order valence-electron chi connectivity index (χ3n) is 5.38. The molecule has 6 nitrogen and oxygen atoms in total. The Balaban J connectivity index is 1.45. The molecule has 0 bridgehead atoms. The van der Waals surface area contributed by atoms with Crippen molar-refractivity contribution in [2.75, 3.05) is 17.4 Å². The molecule has 1 aliphatic heterocycles. The number of rotatable bonds is 7. The van der Waals surface area contributed by atoms with Gasteiger partial charge in [0.15, 0.2) is 6.10 Å². The van der Waals surface area contributed by atoms with Crippen LogP contribution in [0.4, 0.5) is 5.69 Å². The number of nitrogens with one attached hydrogen (secondary N) is 1. The van der Waals surface area contributed by atoms with Gasteiger partial charge in [0.25, 0.3) is 15.9 Å². The standard InChI is InChI=1S/C25H26N2O4S/c1-19-9-7-10-20(17-19)11-8-16-26-25(28)24-18-27(22-14-5-6-15-23(22)31-24)32(29,30)21-12-3-2-4-13-21/h2-7,9-10,12-15,17,24H,8,11,16,18H2,1H3,(H,26,28)/t24-/m0/s1. The van der Waals surface area contributed by atoms with Crippen LogP contribution < -0.4 is 14.4 Å². The van der Waals surface area contributed by atoms with Gasteiger partial charge in [-0.3, -0.25) is 9.10 Å². The topological polar surface area (TPSA) is 75.7 Å². The van der Waals surface area contributed by atoms with Crippen molar-refractivity contribution in [2.45, 2.75) is 30.8 Å². The third-order valence-corrected chi connectivity index (χ3v) is 7.18. The Morgan fingerprint density at radius 3 is 2.56 bits per heavy atom. The molecule has 3 aromatic carbocycles. The van der Waals surface area contributed by atoms with Gasteiger partial charge in [0, 0.05) is 6.54 Å². The van der Waals surface area contributed by atoms with Crippen LogP contribution in [-0.4, -0.2) is 33.5 Å². The quantitative estimate of drug-likeness (QED) is 0.557. The molecule has 32 heavy (non-hydrogen) atoms. The zero-order chi connectivity index (χ0) is 22.6. The predicted octanol–water partition coefficient (Wildman–Crippen LogP) is 3.70. The van der Waals surface area contributed by atoms with Crippen LogP contribution in [0.3, 0.4) is 0 Å². The molecule has 4 rings (SSSR count). The highest BCUT2D eigenvalue weighted by Crippen LogP contribution is 2.36. The molecule has 1 N–H and O–H groups in total. The van der Waals surface area contributed by atoms with Gasteiger partial charge < -0.3 is 10.1 Å². The van der Waals surface area contributed by atoms with Gasteiger partial charge in [0.05, 0.1) is 17.1 Å². The van der Waals surface area contributed by atoms with E-state index >= 15 is 0 Å². The van der Waals surface area contributed by atoms with Gasteiger partial charge in [-0.2, -0.15) is 0 Å². The number of carbonyl (C=O) groups is 1. The average Bonchev–Trinajstić information content (AvgIpc) is 2.81. The monoisotopic (exact) mass is 450 g/mol.